The number of aliphatic imine (C=N–C) groups is 1. The third kappa shape index (κ3) is 2.35. The van der Waals surface area contributed by atoms with Crippen LogP contribution in [0.3, 0.4) is 0 Å². The largest absolute Gasteiger partial charge is 0.378 e. The molecule has 0 bridgehead atoms. The third-order valence-corrected chi connectivity index (χ3v) is 3.21. The fourth-order valence-corrected chi connectivity index (χ4v) is 1.67. The number of rotatable bonds is 3. The van der Waals surface area contributed by atoms with Gasteiger partial charge in [0.25, 0.3) is 0 Å². The van der Waals surface area contributed by atoms with Gasteiger partial charge in [-0.3, -0.25) is 0 Å². The van der Waals surface area contributed by atoms with Crippen molar-refractivity contribution in [1.82, 2.24) is 0 Å². The summed E-state index contributed by atoms with van der Waals surface area (Å²) >= 11 is 1.27. The van der Waals surface area contributed by atoms with E-state index in [1.807, 2.05) is 6.92 Å². The second kappa shape index (κ2) is 4.67. The molecule has 0 aliphatic rings. The third-order valence-electron chi connectivity index (χ3n) is 2.34. The van der Waals surface area contributed by atoms with Crippen LogP contribution in [0.1, 0.15) is 27.2 Å². The molecule has 0 aromatic carbocycles. The van der Waals surface area contributed by atoms with Crippen molar-refractivity contribution >= 4 is 22.3 Å². The Balaban J connectivity index is 4.69. The molecule has 1 N–H and O–H groups in total. The summed E-state index contributed by atoms with van der Waals surface area (Å²) in [5, 5.41) is 10.8. The van der Waals surface area contributed by atoms with Crippen LogP contribution in [0.25, 0.3) is 0 Å². The van der Waals surface area contributed by atoms with E-state index in [1.54, 1.807) is 14.0 Å². The molecule has 3 heteroatoms. The molecule has 12 heavy (non-hydrogen) atoms. The second-order valence-electron chi connectivity index (χ2n) is 3.13. The standard InChI is InChI=1S/C9H18NOS/c1-6-7(2)9(3,11)8(10-4)12-5/h7,11H,5-6H2,1-4H3/q+1. The zero-order valence-corrected chi connectivity index (χ0v) is 9.11. The van der Waals surface area contributed by atoms with E-state index in [9.17, 15) is 5.11 Å². The van der Waals surface area contributed by atoms with Crippen molar-refractivity contribution in [2.24, 2.45) is 10.9 Å². The molecule has 0 saturated heterocycles. The molecule has 0 aromatic rings. The molecule has 0 aromatic heterocycles. The monoisotopic (exact) mass is 188 g/mol. The van der Waals surface area contributed by atoms with Gasteiger partial charge in [-0.05, 0) is 12.8 Å². The first-order valence-corrected chi connectivity index (χ1v) is 5.10. The van der Waals surface area contributed by atoms with Crippen molar-refractivity contribution in [2.75, 3.05) is 7.05 Å². The molecule has 0 saturated carbocycles. The quantitative estimate of drug-likeness (QED) is 0.308. The average Bonchev–Trinajstić information content (AvgIpc) is 2.04. The molecule has 0 spiro atoms. The predicted octanol–water partition coefficient (Wildman–Crippen LogP) is 1.33. The van der Waals surface area contributed by atoms with Crippen LogP contribution in [0.15, 0.2) is 4.99 Å². The van der Waals surface area contributed by atoms with Gasteiger partial charge in [0.1, 0.15) is 0 Å². The lowest BCUT2D eigenvalue weighted by atomic mass is 9.89. The first kappa shape index (κ1) is 11.7. The van der Waals surface area contributed by atoms with Gasteiger partial charge in [-0.15, -0.1) is 0 Å². The van der Waals surface area contributed by atoms with Gasteiger partial charge >= 0.3 is 5.04 Å². The molecule has 70 valence electrons. The smallest absolute Gasteiger partial charge is 0.325 e. The van der Waals surface area contributed by atoms with Gasteiger partial charge in [-0.2, -0.15) is 0 Å². The zero-order valence-electron chi connectivity index (χ0n) is 8.29. The lowest BCUT2D eigenvalue weighted by Gasteiger charge is -2.23. The van der Waals surface area contributed by atoms with Crippen LogP contribution >= 0.6 is 0 Å². The molecule has 2 atom stereocenters. The summed E-state index contributed by atoms with van der Waals surface area (Å²) in [5.74, 6) is 3.88. The Kier molecular flexibility index (Phi) is 4.57. The number of hydrogen-bond acceptors (Lipinski definition) is 2. The minimum absolute atomic E-state index is 0.213. The summed E-state index contributed by atoms with van der Waals surface area (Å²) in [6, 6.07) is 0. The molecule has 2 unspecified atom stereocenters. The summed E-state index contributed by atoms with van der Waals surface area (Å²) in [6.45, 7) is 5.86. The van der Waals surface area contributed by atoms with Crippen LogP contribution in [0.5, 0.6) is 0 Å². The Labute approximate surface area is 78.7 Å². The van der Waals surface area contributed by atoms with E-state index in [0.717, 1.165) is 6.42 Å². The van der Waals surface area contributed by atoms with Crippen molar-refractivity contribution in [2.45, 2.75) is 32.8 Å². The molecule has 0 amide bonds. The Morgan fingerprint density at radius 3 is 2.50 bits per heavy atom. The maximum atomic E-state index is 10.1. The number of aliphatic hydroxyl groups is 1. The Morgan fingerprint density at radius 2 is 2.25 bits per heavy atom. The van der Waals surface area contributed by atoms with Gasteiger partial charge in [0.2, 0.25) is 11.4 Å². The predicted molar refractivity (Wildman–Crippen MR) is 57.9 cm³/mol. The topological polar surface area (TPSA) is 32.6 Å². The van der Waals surface area contributed by atoms with Gasteiger partial charge in [-0.1, -0.05) is 20.3 Å². The lowest BCUT2D eigenvalue weighted by molar-refractivity contribution is 0.0757. The molecule has 0 rings (SSSR count). The Morgan fingerprint density at radius 1 is 1.75 bits per heavy atom. The van der Waals surface area contributed by atoms with Crippen LogP contribution in [-0.2, 0) is 11.4 Å². The summed E-state index contributed by atoms with van der Waals surface area (Å²) in [4.78, 5) is 4.01. The molecule has 0 heterocycles. The van der Waals surface area contributed by atoms with Crippen molar-refractivity contribution in [3.05, 3.63) is 0 Å². The molecule has 0 aliphatic carbocycles. The normalized spacial score (nSPS) is 19.9. The minimum atomic E-state index is -0.823. The van der Waals surface area contributed by atoms with Crippen LogP contribution in [-0.4, -0.2) is 28.7 Å². The molecule has 2 nitrogen and oxygen atoms in total. The lowest BCUT2D eigenvalue weighted by Crippen LogP contribution is -2.41. The van der Waals surface area contributed by atoms with E-state index in [-0.39, 0.29) is 5.92 Å². The maximum absolute atomic E-state index is 10.1. The summed E-state index contributed by atoms with van der Waals surface area (Å²) in [7, 11) is 1.68. The van der Waals surface area contributed by atoms with Gasteiger partial charge in [-0.25, -0.2) is 4.99 Å². The van der Waals surface area contributed by atoms with E-state index in [2.05, 4.69) is 17.8 Å². The molecule has 0 aliphatic heterocycles. The first-order chi connectivity index (χ1) is 5.50. The van der Waals surface area contributed by atoms with Crippen LogP contribution in [0.4, 0.5) is 0 Å². The van der Waals surface area contributed by atoms with Crippen LogP contribution in [0, 0.1) is 5.92 Å². The molecule has 0 fully saturated rings. The zero-order chi connectivity index (χ0) is 9.78. The second-order valence-corrected chi connectivity index (χ2v) is 3.81. The van der Waals surface area contributed by atoms with Crippen LogP contribution in [0.2, 0.25) is 0 Å². The highest BCUT2D eigenvalue weighted by Crippen LogP contribution is 2.21. The SMILES string of the molecule is C=[S+]C(=NC)C(C)(O)C(C)CC. The van der Waals surface area contributed by atoms with E-state index >= 15 is 0 Å². The molecular weight excluding hydrogens is 170 g/mol. The Hall–Kier alpha value is -0.280. The van der Waals surface area contributed by atoms with Gasteiger partial charge in [0.15, 0.2) is 11.5 Å². The van der Waals surface area contributed by atoms with Crippen molar-refractivity contribution < 1.29 is 5.11 Å². The number of nitrogens with zero attached hydrogens (tertiary/aromatic N) is 1. The van der Waals surface area contributed by atoms with Gasteiger partial charge < -0.3 is 5.11 Å². The van der Waals surface area contributed by atoms with E-state index in [4.69, 9.17) is 0 Å². The van der Waals surface area contributed by atoms with E-state index in [0.29, 0.717) is 5.04 Å². The van der Waals surface area contributed by atoms with Crippen LogP contribution < -0.4 is 0 Å². The Bertz CT molecular complexity index is 187. The van der Waals surface area contributed by atoms with E-state index in [1.165, 1.54) is 11.4 Å². The summed E-state index contributed by atoms with van der Waals surface area (Å²) in [6.07, 6.45) is 0.937. The summed E-state index contributed by atoms with van der Waals surface area (Å²) in [5.41, 5.74) is -0.823. The average molecular weight is 188 g/mol. The molecule has 0 radical (unpaired) electrons. The van der Waals surface area contributed by atoms with Gasteiger partial charge in [0, 0.05) is 7.05 Å². The summed E-state index contributed by atoms with van der Waals surface area (Å²) < 4.78 is 0. The van der Waals surface area contributed by atoms with E-state index < -0.39 is 5.60 Å². The fourth-order valence-electron chi connectivity index (χ4n) is 1.05. The van der Waals surface area contributed by atoms with Crippen molar-refractivity contribution in [3.8, 4) is 0 Å². The maximum Gasteiger partial charge on any atom is 0.325 e. The number of hydrogen-bond donors (Lipinski definition) is 1. The van der Waals surface area contributed by atoms with Crippen molar-refractivity contribution in [1.29, 1.82) is 0 Å². The fraction of sp³-hybridized carbons (Fsp3) is 0.778. The molecular formula is C9H18NOS+. The minimum Gasteiger partial charge on any atom is -0.378 e. The van der Waals surface area contributed by atoms with Crippen molar-refractivity contribution in [3.63, 3.8) is 0 Å². The first-order valence-electron chi connectivity index (χ1n) is 4.12. The highest BCUT2D eigenvalue weighted by atomic mass is 32.1. The highest BCUT2D eigenvalue weighted by molar-refractivity contribution is 7.92. The highest BCUT2D eigenvalue weighted by Gasteiger charge is 2.39. The van der Waals surface area contributed by atoms with Gasteiger partial charge in [0.05, 0.1) is 0 Å².